The molecule has 0 saturated carbocycles. The molecule has 5 heteroatoms. The highest BCUT2D eigenvalue weighted by molar-refractivity contribution is 6.08. The third kappa shape index (κ3) is 6.75. The Morgan fingerprint density at radius 3 is 2.58 bits per heavy atom. The summed E-state index contributed by atoms with van der Waals surface area (Å²) in [6.45, 7) is 7.22. The molecule has 26 heavy (non-hydrogen) atoms. The molecule has 1 rings (SSSR count). The molecular weight excluding hydrogens is 336 g/mol. The van der Waals surface area contributed by atoms with Gasteiger partial charge < -0.3 is 10.1 Å². The second kappa shape index (κ2) is 10.4. The fourth-order valence-electron chi connectivity index (χ4n) is 2.36. The van der Waals surface area contributed by atoms with E-state index in [0.717, 1.165) is 12.5 Å². The highest BCUT2D eigenvalue weighted by Crippen LogP contribution is 2.26. The maximum absolute atomic E-state index is 14.2. The van der Waals surface area contributed by atoms with Crippen LogP contribution in [-0.4, -0.2) is 18.1 Å². The van der Waals surface area contributed by atoms with Gasteiger partial charge in [0, 0.05) is 17.7 Å². The van der Waals surface area contributed by atoms with Gasteiger partial charge in [-0.2, -0.15) is 0 Å². The molecule has 0 radical (unpaired) electrons. The van der Waals surface area contributed by atoms with Crippen LogP contribution in [0.3, 0.4) is 0 Å². The van der Waals surface area contributed by atoms with Gasteiger partial charge in [-0.15, -0.1) is 0 Å². The molecule has 0 amide bonds. The SMILES string of the molecule is CCC(C)c1cc(F)cc(F)c1C(=N)/C=C\C=C/CO/C(C)=C\C(C)=O. The lowest BCUT2D eigenvalue weighted by Gasteiger charge is -2.15. The fourth-order valence-corrected chi connectivity index (χ4v) is 2.36. The maximum atomic E-state index is 14.2. The minimum Gasteiger partial charge on any atom is -0.494 e. The van der Waals surface area contributed by atoms with Gasteiger partial charge in [-0.1, -0.05) is 26.0 Å². The maximum Gasteiger partial charge on any atom is 0.155 e. The van der Waals surface area contributed by atoms with Gasteiger partial charge in [0.1, 0.15) is 18.2 Å². The molecule has 0 aliphatic heterocycles. The first-order valence-electron chi connectivity index (χ1n) is 8.49. The number of halogens is 2. The minimum atomic E-state index is -0.729. The number of rotatable bonds is 9. The number of ether oxygens (including phenoxy) is 1. The Hall–Kier alpha value is -2.56. The average Bonchev–Trinajstić information content (AvgIpc) is 2.55. The molecule has 140 valence electrons. The van der Waals surface area contributed by atoms with Crippen molar-refractivity contribution in [2.24, 2.45) is 0 Å². The molecule has 0 aliphatic rings. The van der Waals surface area contributed by atoms with Crippen LogP contribution in [0.15, 0.2) is 48.3 Å². The zero-order chi connectivity index (χ0) is 19.7. The van der Waals surface area contributed by atoms with E-state index in [1.54, 1.807) is 25.2 Å². The highest BCUT2D eigenvalue weighted by Gasteiger charge is 2.17. The van der Waals surface area contributed by atoms with Crippen molar-refractivity contribution in [3.8, 4) is 0 Å². The summed E-state index contributed by atoms with van der Waals surface area (Å²) < 4.78 is 33.0. The van der Waals surface area contributed by atoms with Crippen LogP contribution in [0.5, 0.6) is 0 Å². The Morgan fingerprint density at radius 1 is 1.27 bits per heavy atom. The summed E-state index contributed by atoms with van der Waals surface area (Å²) in [7, 11) is 0. The van der Waals surface area contributed by atoms with Crippen molar-refractivity contribution in [3.05, 3.63) is 71.0 Å². The Bertz CT molecular complexity index is 749. The van der Waals surface area contributed by atoms with Gasteiger partial charge in [0.15, 0.2) is 5.78 Å². The van der Waals surface area contributed by atoms with Gasteiger partial charge in [-0.3, -0.25) is 4.79 Å². The lowest BCUT2D eigenvalue weighted by Crippen LogP contribution is -2.08. The van der Waals surface area contributed by atoms with E-state index in [1.807, 2.05) is 13.8 Å². The van der Waals surface area contributed by atoms with Crippen molar-refractivity contribution in [2.75, 3.05) is 6.61 Å². The second-order valence-electron chi connectivity index (χ2n) is 6.04. The van der Waals surface area contributed by atoms with Crippen LogP contribution in [0.1, 0.15) is 51.2 Å². The molecule has 0 saturated heterocycles. The van der Waals surface area contributed by atoms with Crippen molar-refractivity contribution >= 4 is 11.5 Å². The molecule has 0 fully saturated rings. The molecule has 3 nitrogen and oxygen atoms in total. The predicted molar refractivity (Wildman–Crippen MR) is 101 cm³/mol. The Labute approximate surface area is 153 Å². The molecule has 0 spiro atoms. The third-order valence-electron chi connectivity index (χ3n) is 3.82. The third-order valence-corrected chi connectivity index (χ3v) is 3.82. The molecule has 1 unspecified atom stereocenters. The molecule has 0 aliphatic carbocycles. The van der Waals surface area contributed by atoms with Crippen LogP contribution in [0.2, 0.25) is 0 Å². The number of carbonyl (C=O) groups is 1. The van der Waals surface area contributed by atoms with Gasteiger partial charge in [0.25, 0.3) is 0 Å². The van der Waals surface area contributed by atoms with Crippen molar-refractivity contribution in [1.82, 2.24) is 0 Å². The first-order chi connectivity index (χ1) is 12.3. The van der Waals surface area contributed by atoms with Crippen molar-refractivity contribution in [1.29, 1.82) is 5.41 Å². The Kier molecular flexibility index (Phi) is 8.62. The van der Waals surface area contributed by atoms with Gasteiger partial charge >= 0.3 is 0 Å². The first kappa shape index (κ1) is 21.5. The van der Waals surface area contributed by atoms with Crippen LogP contribution in [0.4, 0.5) is 8.78 Å². The fraction of sp³-hybridized carbons (Fsp3) is 0.333. The highest BCUT2D eigenvalue weighted by atomic mass is 19.1. The monoisotopic (exact) mass is 361 g/mol. The van der Waals surface area contributed by atoms with Crippen LogP contribution >= 0.6 is 0 Å². The number of ketones is 1. The summed E-state index contributed by atoms with van der Waals surface area (Å²) in [5, 5.41) is 8.11. The number of nitrogens with one attached hydrogen (secondary N) is 1. The topological polar surface area (TPSA) is 50.1 Å². The minimum absolute atomic E-state index is 0.0176. The largest absolute Gasteiger partial charge is 0.494 e. The number of benzene rings is 1. The molecule has 1 aromatic rings. The van der Waals surface area contributed by atoms with E-state index in [1.165, 1.54) is 25.1 Å². The molecule has 0 aromatic heterocycles. The number of carbonyl (C=O) groups excluding carboxylic acids is 1. The predicted octanol–water partition coefficient (Wildman–Crippen LogP) is 5.47. The summed E-state index contributed by atoms with van der Waals surface area (Å²) in [6, 6.07) is 2.10. The molecule has 0 heterocycles. The zero-order valence-corrected chi connectivity index (χ0v) is 15.6. The van der Waals surface area contributed by atoms with E-state index in [0.29, 0.717) is 11.3 Å². The van der Waals surface area contributed by atoms with Gasteiger partial charge in [-0.05, 0) is 50.0 Å². The number of allylic oxidation sites excluding steroid dienone is 5. The van der Waals surface area contributed by atoms with E-state index in [-0.39, 0.29) is 29.6 Å². The lowest BCUT2D eigenvalue weighted by molar-refractivity contribution is -0.112. The van der Waals surface area contributed by atoms with E-state index in [2.05, 4.69) is 0 Å². The molecule has 1 N–H and O–H groups in total. The standard InChI is InChI=1S/C21H25F2NO2/c1-5-14(2)18-12-17(22)13-19(23)21(18)20(24)9-7-6-8-10-26-16(4)11-15(3)25/h6-9,11-14,24H,5,10H2,1-4H3/b8-6-,9-7-,16-11-,24-20?. The van der Waals surface area contributed by atoms with E-state index in [9.17, 15) is 13.6 Å². The van der Waals surface area contributed by atoms with Crippen molar-refractivity contribution in [2.45, 2.75) is 40.0 Å². The normalized spacial score (nSPS) is 13.4. The average molecular weight is 361 g/mol. The summed E-state index contributed by atoms with van der Waals surface area (Å²) in [5.41, 5.74) is 0.606. The van der Waals surface area contributed by atoms with Crippen molar-refractivity contribution in [3.63, 3.8) is 0 Å². The number of hydrogen-bond donors (Lipinski definition) is 1. The van der Waals surface area contributed by atoms with E-state index < -0.39 is 11.6 Å². The van der Waals surface area contributed by atoms with Gasteiger partial charge in [0.05, 0.1) is 11.5 Å². The lowest BCUT2D eigenvalue weighted by atomic mass is 9.90. The van der Waals surface area contributed by atoms with Gasteiger partial charge in [0.2, 0.25) is 0 Å². The van der Waals surface area contributed by atoms with Crippen molar-refractivity contribution < 1.29 is 18.3 Å². The van der Waals surface area contributed by atoms with E-state index >= 15 is 0 Å². The Morgan fingerprint density at radius 2 is 1.96 bits per heavy atom. The molecular formula is C21H25F2NO2. The van der Waals surface area contributed by atoms with Crippen LogP contribution < -0.4 is 0 Å². The molecule has 1 atom stereocenters. The van der Waals surface area contributed by atoms with Crippen LogP contribution in [0.25, 0.3) is 0 Å². The quantitative estimate of drug-likeness (QED) is 0.274. The van der Waals surface area contributed by atoms with E-state index in [4.69, 9.17) is 10.1 Å². The smallest absolute Gasteiger partial charge is 0.155 e. The summed E-state index contributed by atoms with van der Waals surface area (Å²) in [5.74, 6) is -0.982. The molecule has 1 aromatic carbocycles. The zero-order valence-electron chi connectivity index (χ0n) is 15.6. The molecule has 0 bridgehead atoms. The van der Waals surface area contributed by atoms with Crippen LogP contribution in [0, 0.1) is 17.0 Å². The van der Waals surface area contributed by atoms with Crippen LogP contribution in [-0.2, 0) is 9.53 Å². The summed E-state index contributed by atoms with van der Waals surface area (Å²) >= 11 is 0. The number of hydrogen-bond acceptors (Lipinski definition) is 3. The van der Waals surface area contributed by atoms with Gasteiger partial charge in [-0.25, -0.2) is 8.78 Å². The second-order valence-corrected chi connectivity index (χ2v) is 6.04. The summed E-state index contributed by atoms with van der Waals surface area (Å²) in [4.78, 5) is 10.9. The Balaban J connectivity index is 2.80. The first-order valence-corrected chi connectivity index (χ1v) is 8.49. The summed E-state index contributed by atoms with van der Waals surface area (Å²) in [6.07, 6.45) is 8.54.